The third-order valence-corrected chi connectivity index (χ3v) is 5.36. The van der Waals surface area contributed by atoms with Crippen molar-refractivity contribution in [2.75, 3.05) is 10.6 Å². The number of nitrogens with zero attached hydrogens (tertiary/aromatic N) is 4. The lowest BCUT2D eigenvalue weighted by Crippen LogP contribution is -2.38. The number of anilines is 2. The largest absolute Gasteiger partial charge is 0.383 e. The molecule has 2 heterocycles. The molecular formula is C25H28N6O3. The molecule has 0 atom stereocenters. The van der Waals surface area contributed by atoms with Gasteiger partial charge >= 0.3 is 5.69 Å². The SMILES string of the molecule is CC(C)Cc1nc(CN(Cc2ccccc2)c2c(N)n(Cc3ccccc3)c(=O)[nH]c2=O)no1. The van der Waals surface area contributed by atoms with Crippen LogP contribution in [0.5, 0.6) is 0 Å². The Morgan fingerprint density at radius 1 is 1.00 bits per heavy atom. The van der Waals surface area contributed by atoms with Crippen molar-refractivity contribution in [3.8, 4) is 0 Å². The van der Waals surface area contributed by atoms with E-state index in [0.29, 0.717) is 30.6 Å². The zero-order chi connectivity index (χ0) is 24.1. The molecule has 4 aromatic rings. The second-order valence-electron chi connectivity index (χ2n) is 8.61. The Kier molecular flexibility index (Phi) is 6.91. The van der Waals surface area contributed by atoms with E-state index in [1.807, 2.05) is 60.7 Å². The van der Waals surface area contributed by atoms with Crippen LogP contribution in [0.1, 0.15) is 36.7 Å². The monoisotopic (exact) mass is 460 g/mol. The first-order valence-electron chi connectivity index (χ1n) is 11.2. The summed E-state index contributed by atoms with van der Waals surface area (Å²) < 4.78 is 6.75. The quantitative estimate of drug-likeness (QED) is 0.394. The van der Waals surface area contributed by atoms with E-state index in [0.717, 1.165) is 11.1 Å². The van der Waals surface area contributed by atoms with Crippen molar-refractivity contribution in [2.24, 2.45) is 5.92 Å². The van der Waals surface area contributed by atoms with Gasteiger partial charge in [0.05, 0.1) is 13.1 Å². The molecule has 3 N–H and O–H groups in total. The summed E-state index contributed by atoms with van der Waals surface area (Å²) in [4.78, 5) is 34.3. The molecule has 0 spiro atoms. The van der Waals surface area contributed by atoms with Gasteiger partial charge in [0.1, 0.15) is 11.5 Å². The Morgan fingerprint density at radius 2 is 1.65 bits per heavy atom. The second kappa shape index (κ2) is 10.2. The maximum Gasteiger partial charge on any atom is 0.330 e. The van der Waals surface area contributed by atoms with Crippen molar-refractivity contribution < 1.29 is 4.52 Å². The molecule has 0 unspecified atom stereocenters. The maximum absolute atomic E-state index is 13.0. The Bertz CT molecular complexity index is 1340. The molecule has 0 saturated carbocycles. The average Bonchev–Trinajstić information content (AvgIpc) is 3.24. The summed E-state index contributed by atoms with van der Waals surface area (Å²) in [5.74, 6) is 1.43. The summed E-state index contributed by atoms with van der Waals surface area (Å²) in [6.07, 6.45) is 0.663. The fraction of sp³-hybridized carbons (Fsp3) is 0.280. The number of rotatable bonds is 9. The fourth-order valence-corrected chi connectivity index (χ4v) is 3.78. The lowest BCUT2D eigenvalue weighted by atomic mass is 10.1. The van der Waals surface area contributed by atoms with Crippen molar-refractivity contribution in [3.63, 3.8) is 0 Å². The molecule has 176 valence electrons. The van der Waals surface area contributed by atoms with Crippen LogP contribution >= 0.6 is 0 Å². The number of benzene rings is 2. The fourth-order valence-electron chi connectivity index (χ4n) is 3.78. The Labute approximate surface area is 196 Å². The lowest BCUT2D eigenvalue weighted by Gasteiger charge is -2.25. The van der Waals surface area contributed by atoms with E-state index < -0.39 is 11.2 Å². The molecule has 9 heteroatoms. The Balaban J connectivity index is 1.74. The molecule has 0 aliphatic rings. The molecule has 0 saturated heterocycles. The van der Waals surface area contributed by atoms with Crippen molar-refractivity contribution in [3.05, 3.63) is 104 Å². The number of nitrogens with one attached hydrogen (secondary N) is 1. The van der Waals surface area contributed by atoms with Crippen LogP contribution < -0.4 is 21.9 Å². The van der Waals surface area contributed by atoms with E-state index in [-0.39, 0.29) is 24.6 Å². The molecule has 4 rings (SSSR count). The molecule has 0 radical (unpaired) electrons. The van der Waals surface area contributed by atoms with E-state index in [1.165, 1.54) is 4.57 Å². The molecular weight excluding hydrogens is 432 g/mol. The first-order chi connectivity index (χ1) is 16.4. The van der Waals surface area contributed by atoms with E-state index in [9.17, 15) is 9.59 Å². The molecule has 0 aliphatic heterocycles. The van der Waals surface area contributed by atoms with Gasteiger partial charge < -0.3 is 15.2 Å². The van der Waals surface area contributed by atoms with Gasteiger partial charge in [-0.15, -0.1) is 0 Å². The first kappa shape index (κ1) is 23.0. The minimum atomic E-state index is -0.562. The highest BCUT2D eigenvalue weighted by atomic mass is 16.5. The normalized spacial score (nSPS) is 11.1. The van der Waals surface area contributed by atoms with Gasteiger partial charge in [-0.2, -0.15) is 4.98 Å². The molecule has 2 aromatic heterocycles. The van der Waals surface area contributed by atoms with Crippen LogP contribution in [0.2, 0.25) is 0 Å². The number of H-pyrrole nitrogens is 1. The second-order valence-corrected chi connectivity index (χ2v) is 8.61. The predicted molar refractivity (Wildman–Crippen MR) is 130 cm³/mol. The third-order valence-electron chi connectivity index (χ3n) is 5.36. The average molecular weight is 461 g/mol. The maximum atomic E-state index is 13.0. The van der Waals surface area contributed by atoms with E-state index in [4.69, 9.17) is 10.3 Å². The topological polar surface area (TPSA) is 123 Å². The number of nitrogens with two attached hydrogens (primary N) is 1. The number of nitrogen functional groups attached to an aromatic ring is 1. The van der Waals surface area contributed by atoms with Gasteiger partial charge in [0, 0.05) is 13.0 Å². The van der Waals surface area contributed by atoms with E-state index in [1.54, 1.807) is 4.90 Å². The minimum Gasteiger partial charge on any atom is -0.383 e. The van der Waals surface area contributed by atoms with Crippen LogP contribution in [0, 0.1) is 5.92 Å². The summed E-state index contributed by atoms with van der Waals surface area (Å²) >= 11 is 0. The highest BCUT2D eigenvalue weighted by Crippen LogP contribution is 2.22. The van der Waals surface area contributed by atoms with Crippen LogP contribution in [0.4, 0.5) is 11.5 Å². The lowest BCUT2D eigenvalue weighted by molar-refractivity contribution is 0.358. The van der Waals surface area contributed by atoms with Gasteiger partial charge in [-0.25, -0.2) is 4.79 Å². The van der Waals surface area contributed by atoms with Crippen LogP contribution in [-0.2, 0) is 26.1 Å². The molecule has 2 aromatic carbocycles. The minimum absolute atomic E-state index is 0.0828. The van der Waals surface area contributed by atoms with Crippen LogP contribution in [0.3, 0.4) is 0 Å². The zero-order valence-electron chi connectivity index (χ0n) is 19.3. The number of hydrogen-bond acceptors (Lipinski definition) is 7. The van der Waals surface area contributed by atoms with E-state index >= 15 is 0 Å². The number of hydrogen-bond donors (Lipinski definition) is 2. The zero-order valence-corrected chi connectivity index (χ0v) is 19.3. The summed E-state index contributed by atoms with van der Waals surface area (Å²) in [6, 6.07) is 19.1. The van der Waals surface area contributed by atoms with Crippen LogP contribution in [0.15, 0.2) is 74.8 Å². The molecule has 34 heavy (non-hydrogen) atoms. The van der Waals surface area contributed by atoms with Gasteiger partial charge in [0.15, 0.2) is 5.82 Å². The number of aromatic nitrogens is 4. The smallest absolute Gasteiger partial charge is 0.330 e. The van der Waals surface area contributed by atoms with Gasteiger partial charge in [-0.05, 0) is 17.0 Å². The third kappa shape index (κ3) is 5.43. The number of aromatic amines is 1. The van der Waals surface area contributed by atoms with Crippen molar-refractivity contribution in [1.82, 2.24) is 19.7 Å². The van der Waals surface area contributed by atoms with Crippen LogP contribution in [-0.4, -0.2) is 19.7 Å². The summed E-state index contributed by atoms with van der Waals surface area (Å²) in [5, 5.41) is 4.09. The van der Waals surface area contributed by atoms with Gasteiger partial charge in [0.2, 0.25) is 5.89 Å². The molecule has 0 aliphatic carbocycles. The summed E-state index contributed by atoms with van der Waals surface area (Å²) in [7, 11) is 0. The molecule has 0 fully saturated rings. The van der Waals surface area contributed by atoms with Crippen molar-refractivity contribution in [2.45, 2.75) is 39.9 Å². The first-order valence-corrected chi connectivity index (χ1v) is 11.2. The Morgan fingerprint density at radius 3 is 2.29 bits per heavy atom. The Hall–Kier alpha value is -4.14. The van der Waals surface area contributed by atoms with Gasteiger partial charge in [-0.3, -0.25) is 14.3 Å². The molecule has 0 amide bonds. The van der Waals surface area contributed by atoms with Gasteiger partial charge in [-0.1, -0.05) is 79.7 Å². The molecule has 9 nitrogen and oxygen atoms in total. The van der Waals surface area contributed by atoms with Crippen LogP contribution in [0.25, 0.3) is 0 Å². The summed E-state index contributed by atoms with van der Waals surface area (Å²) in [6.45, 7) is 4.93. The molecule has 0 bridgehead atoms. The summed E-state index contributed by atoms with van der Waals surface area (Å²) in [5.41, 5.74) is 7.37. The predicted octanol–water partition coefficient (Wildman–Crippen LogP) is 2.96. The van der Waals surface area contributed by atoms with Gasteiger partial charge in [0.25, 0.3) is 5.56 Å². The highest BCUT2D eigenvalue weighted by molar-refractivity contribution is 5.62. The van der Waals surface area contributed by atoms with Crippen molar-refractivity contribution in [1.29, 1.82) is 0 Å². The van der Waals surface area contributed by atoms with Crippen molar-refractivity contribution >= 4 is 11.5 Å². The highest BCUT2D eigenvalue weighted by Gasteiger charge is 2.22. The van der Waals surface area contributed by atoms with E-state index in [2.05, 4.69) is 29.0 Å². The standard InChI is InChI=1S/C25H28N6O3/c1-17(2)13-21-27-20(29-34-21)16-30(14-18-9-5-3-6-10-18)22-23(26)31(25(33)28-24(22)32)15-19-11-7-4-8-12-19/h3-12,17H,13-16,26H2,1-2H3,(H,28,32,33).